The second kappa shape index (κ2) is 7.35. The van der Waals surface area contributed by atoms with Gasteiger partial charge in [-0.3, -0.25) is 9.78 Å². The molecular formula is C22H23N3O2. The van der Waals surface area contributed by atoms with Crippen molar-refractivity contribution < 1.29 is 9.21 Å². The predicted molar refractivity (Wildman–Crippen MR) is 104 cm³/mol. The van der Waals surface area contributed by atoms with Gasteiger partial charge in [-0.25, -0.2) is 4.98 Å². The van der Waals surface area contributed by atoms with Gasteiger partial charge in [-0.2, -0.15) is 0 Å². The summed E-state index contributed by atoms with van der Waals surface area (Å²) in [6.45, 7) is 5.24. The van der Waals surface area contributed by atoms with Gasteiger partial charge in [0.25, 0.3) is 5.91 Å². The zero-order valence-corrected chi connectivity index (χ0v) is 15.7. The maximum absolute atomic E-state index is 12.7. The average Bonchev–Trinajstić information content (AvgIpc) is 3.14. The van der Waals surface area contributed by atoms with Crippen molar-refractivity contribution in [3.8, 4) is 11.3 Å². The van der Waals surface area contributed by atoms with Crippen LogP contribution in [0, 0.1) is 13.8 Å². The maximum Gasteiger partial charge on any atom is 0.275 e. The highest BCUT2D eigenvalue weighted by atomic mass is 16.3. The monoisotopic (exact) mass is 361 g/mol. The van der Waals surface area contributed by atoms with Crippen LogP contribution < -0.4 is 0 Å². The first-order valence-corrected chi connectivity index (χ1v) is 9.35. The number of amides is 1. The first-order valence-electron chi connectivity index (χ1n) is 9.35. The molecule has 0 radical (unpaired) electrons. The number of aryl methyl sites for hydroxylation is 2. The Bertz CT molecular complexity index is 963. The normalized spacial score (nSPS) is 17.1. The van der Waals surface area contributed by atoms with Crippen molar-refractivity contribution in [2.75, 3.05) is 13.1 Å². The largest absolute Gasteiger partial charge is 0.448 e. The van der Waals surface area contributed by atoms with Gasteiger partial charge >= 0.3 is 0 Å². The molecule has 3 aromatic rings. The first kappa shape index (κ1) is 17.5. The van der Waals surface area contributed by atoms with E-state index in [1.54, 1.807) is 6.92 Å². The molecule has 5 heteroatoms. The topological polar surface area (TPSA) is 59.2 Å². The van der Waals surface area contributed by atoms with Gasteiger partial charge in [-0.15, -0.1) is 0 Å². The number of nitrogens with zero attached hydrogens (tertiary/aromatic N) is 3. The van der Waals surface area contributed by atoms with Gasteiger partial charge < -0.3 is 9.32 Å². The Balaban J connectivity index is 1.55. The number of benzene rings is 1. The Morgan fingerprint density at radius 2 is 2.00 bits per heavy atom. The highest BCUT2D eigenvalue weighted by Crippen LogP contribution is 2.28. The second-order valence-electron chi connectivity index (χ2n) is 7.16. The van der Waals surface area contributed by atoms with Crippen LogP contribution in [0.15, 0.2) is 53.1 Å². The summed E-state index contributed by atoms with van der Waals surface area (Å²) in [5, 5.41) is 0. The van der Waals surface area contributed by atoms with Crippen LogP contribution in [0.4, 0.5) is 0 Å². The van der Waals surface area contributed by atoms with Crippen LogP contribution in [0.25, 0.3) is 11.3 Å². The lowest BCUT2D eigenvalue weighted by Crippen LogP contribution is -2.39. The van der Waals surface area contributed by atoms with Crippen LogP contribution in [0.3, 0.4) is 0 Å². The number of oxazole rings is 1. The van der Waals surface area contributed by atoms with Gasteiger partial charge in [0.05, 0.1) is 5.69 Å². The van der Waals surface area contributed by atoms with Crippen molar-refractivity contribution >= 4 is 5.91 Å². The number of rotatable bonds is 3. The number of pyridine rings is 1. The Kier molecular flexibility index (Phi) is 4.75. The lowest BCUT2D eigenvalue weighted by molar-refractivity contribution is 0.0700. The van der Waals surface area contributed by atoms with Crippen molar-refractivity contribution in [3.05, 3.63) is 71.6 Å². The summed E-state index contributed by atoms with van der Waals surface area (Å²) in [5.74, 6) is 0.686. The Labute approximate surface area is 159 Å². The Morgan fingerprint density at radius 3 is 2.78 bits per heavy atom. The highest BCUT2D eigenvalue weighted by Gasteiger charge is 2.27. The van der Waals surface area contributed by atoms with Crippen molar-refractivity contribution in [1.82, 2.24) is 14.9 Å². The maximum atomic E-state index is 12.7. The standard InChI is InChI=1S/C22H23N3O2/c1-15-6-3-7-17(12-15)19-9-4-10-20(24-19)18-8-5-11-25(13-18)22(26)21-14-27-16(2)23-21/h3-4,6-7,9-10,12,14,18H,5,8,11,13H2,1-2H3/t18-/m1/s1. The molecule has 27 heavy (non-hydrogen) atoms. The third-order valence-corrected chi connectivity index (χ3v) is 5.05. The van der Waals surface area contributed by atoms with E-state index in [-0.39, 0.29) is 11.8 Å². The zero-order valence-electron chi connectivity index (χ0n) is 15.7. The summed E-state index contributed by atoms with van der Waals surface area (Å²) in [6, 6.07) is 14.5. The summed E-state index contributed by atoms with van der Waals surface area (Å²) in [7, 11) is 0. The molecule has 3 heterocycles. The van der Waals surface area contributed by atoms with E-state index in [9.17, 15) is 4.79 Å². The minimum atomic E-state index is -0.0635. The molecule has 5 nitrogen and oxygen atoms in total. The van der Waals surface area contributed by atoms with E-state index in [2.05, 4.69) is 48.3 Å². The molecule has 0 unspecified atom stereocenters. The van der Waals surface area contributed by atoms with E-state index in [0.29, 0.717) is 18.1 Å². The fourth-order valence-corrected chi connectivity index (χ4v) is 3.67. The van der Waals surface area contributed by atoms with Gasteiger partial charge in [0.15, 0.2) is 11.6 Å². The summed E-state index contributed by atoms with van der Waals surface area (Å²) in [4.78, 5) is 23.6. The number of carbonyl (C=O) groups excluding carboxylic acids is 1. The molecule has 0 bridgehead atoms. The SMILES string of the molecule is Cc1cccc(-c2cccc([C@@H]3CCCN(C(=O)c4coc(C)n4)C3)n2)c1. The predicted octanol–water partition coefficient (Wildman–Crippen LogP) is 4.37. The van der Waals surface area contributed by atoms with Gasteiger partial charge in [-0.05, 0) is 38.0 Å². The van der Waals surface area contributed by atoms with Crippen molar-refractivity contribution in [1.29, 1.82) is 0 Å². The molecule has 138 valence electrons. The zero-order chi connectivity index (χ0) is 18.8. The minimum Gasteiger partial charge on any atom is -0.448 e. The average molecular weight is 361 g/mol. The minimum absolute atomic E-state index is 0.0635. The Morgan fingerprint density at radius 1 is 1.15 bits per heavy atom. The van der Waals surface area contributed by atoms with Gasteiger partial charge in [-0.1, -0.05) is 29.8 Å². The van der Waals surface area contributed by atoms with Crippen LogP contribution in [-0.2, 0) is 0 Å². The van der Waals surface area contributed by atoms with E-state index in [0.717, 1.165) is 36.3 Å². The number of carbonyl (C=O) groups is 1. The molecule has 1 aliphatic rings. The first-order chi connectivity index (χ1) is 13.1. The van der Waals surface area contributed by atoms with E-state index < -0.39 is 0 Å². The molecule has 0 N–H and O–H groups in total. The quantitative estimate of drug-likeness (QED) is 0.695. The molecule has 0 spiro atoms. The van der Waals surface area contributed by atoms with Crippen LogP contribution in [0.2, 0.25) is 0 Å². The van der Waals surface area contributed by atoms with Crippen LogP contribution in [0.1, 0.15) is 46.4 Å². The molecule has 1 fully saturated rings. The molecule has 2 aromatic heterocycles. The summed E-state index contributed by atoms with van der Waals surface area (Å²) in [5.41, 5.74) is 4.75. The fourth-order valence-electron chi connectivity index (χ4n) is 3.67. The number of hydrogen-bond donors (Lipinski definition) is 0. The van der Waals surface area contributed by atoms with E-state index in [1.165, 1.54) is 11.8 Å². The fraction of sp³-hybridized carbons (Fsp3) is 0.318. The van der Waals surface area contributed by atoms with E-state index in [4.69, 9.17) is 9.40 Å². The molecule has 1 atom stereocenters. The third-order valence-electron chi connectivity index (χ3n) is 5.05. The van der Waals surface area contributed by atoms with Crippen molar-refractivity contribution in [3.63, 3.8) is 0 Å². The van der Waals surface area contributed by atoms with E-state index >= 15 is 0 Å². The summed E-state index contributed by atoms with van der Waals surface area (Å²) < 4.78 is 5.19. The third kappa shape index (κ3) is 3.77. The molecule has 0 saturated carbocycles. The molecular weight excluding hydrogens is 338 g/mol. The highest BCUT2D eigenvalue weighted by molar-refractivity contribution is 5.92. The number of aromatic nitrogens is 2. The van der Waals surface area contributed by atoms with Crippen molar-refractivity contribution in [2.45, 2.75) is 32.6 Å². The second-order valence-corrected chi connectivity index (χ2v) is 7.16. The van der Waals surface area contributed by atoms with Gasteiger partial charge in [0.2, 0.25) is 0 Å². The van der Waals surface area contributed by atoms with Gasteiger partial charge in [0.1, 0.15) is 6.26 Å². The number of likely N-dealkylation sites (tertiary alicyclic amines) is 1. The molecule has 1 aliphatic heterocycles. The molecule has 1 aromatic carbocycles. The smallest absolute Gasteiger partial charge is 0.275 e. The van der Waals surface area contributed by atoms with Crippen molar-refractivity contribution in [2.24, 2.45) is 0 Å². The van der Waals surface area contributed by atoms with Crippen LogP contribution >= 0.6 is 0 Å². The van der Waals surface area contributed by atoms with Gasteiger partial charge in [0, 0.05) is 37.2 Å². The molecule has 0 aliphatic carbocycles. The van der Waals surface area contributed by atoms with E-state index in [1.807, 2.05) is 11.0 Å². The lowest BCUT2D eigenvalue weighted by Gasteiger charge is -2.32. The molecule has 4 rings (SSSR count). The number of piperidine rings is 1. The van der Waals surface area contributed by atoms with Crippen LogP contribution in [-0.4, -0.2) is 33.9 Å². The summed E-state index contributed by atoms with van der Waals surface area (Å²) >= 11 is 0. The summed E-state index contributed by atoms with van der Waals surface area (Å²) in [6.07, 6.45) is 3.44. The number of hydrogen-bond acceptors (Lipinski definition) is 4. The Hall–Kier alpha value is -2.95. The molecule has 1 amide bonds. The molecule has 1 saturated heterocycles. The lowest BCUT2D eigenvalue weighted by atomic mass is 9.93. The van der Waals surface area contributed by atoms with Crippen LogP contribution in [0.5, 0.6) is 0 Å².